The number of aromatic nitrogens is 1. The van der Waals surface area contributed by atoms with E-state index in [9.17, 15) is 9.59 Å². The van der Waals surface area contributed by atoms with Crippen molar-refractivity contribution in [2.45, 2.75) is 25.2 Å². The molecule has 4 rings (SSSR count). The number of carbonyl (C=O) groups is 2. The van der Waals surface area contributed by atoms with Gasteiger partial charge < -0.3 is 20.4 Å². The Morgan fingerprint density at radius 3 is 2.87 bits per heavy atom. The summed E-state index contributed by atoms with van der Waals surface area (Å²) in [5.74, 6) is 0.0820. The standard InChI is InChI=1S/C23H31N5O2/c1-26(2)10-11-27-15-18(13-21(27)29)23(30)28-9-5-7-17(14-28)22-19(24)12-16-6-3-4-8-20(16)25-22/h3-4,6,8,12,17-18H,5,7,9-11,13-15,24H2,1-2H3/t17-,18-/m0/s1. The minimum absolute atomic E-state index is 0.0872. The number of nitrogens with two attached hydrogens (primary N) is 1. The van der Waals surface area contributed by atoms with E-state index in [4.69, 9.17) is 10.7 Å². The number of carbonyl (C=O) groups excluding carboxylic acids is 2. The number of fused-ring (bicyclic) bond motifs is 1. The highest BCUT2D eigenvalue weighted by Crippen LogP contribution is 2.32. The van der Waals surface area contributed by atoms with Crippen LogP contribution >= 0.6 is 0 Å². The van der Waals surface area contributed by atoms with Crippen molar-refractivity contribution in [3.8, 4) is 0 Å². The smallest absolute Gasteiger partial charge is 0.228 e. The van der Waals surface area contributed by atoms with E-state index in [-0.39, 0.29) is 23.7 Å². The molecule has 1 aromatic carbocycles. The lowest BCUT2D eigenvalue weighted by molar-refractivity contribution is -0.137. The van der Waals surface area contributed by atoms with Crippen LogP contribution in [0.2, 0.25) is 0 Å². The van der Waals surface area contributed by atoms with E-state index in [2.05, 4.69) is 4.90 Å². The number of piperidine rings is 1. The highest BCUT2D eigenvalue weighted by molar-refractivity contribution is 5.89. The molecule has 7 nitrogen and oxygen atoms in total. The molecule has 2 saturated heterocycles. The van der Waals surface area contributed by atoms with Crippen LogP contribution in [0.25, 0.3) is 10.9 Å². The molecule has 3 heterocycles. The maximum Gasteiger partial charge on any atom is 0.228 e. The number of para-hydroxylation sites is 1. The van der Waals surface area contributed by atoms with Crippen molar-refractivity contribution in [2.75, 3.05) is 52.6 Å². The Hall–Kier alpha value is -2.67. The average molecular weight is 410 g/mol. The minimum Gasteiger partial charge on any atom is -0.397 e. The zero-order chi connectivity index (χ0) is 21.3. The van der Waals surface area contributed by atoms with Crippen molar-refractivity contribution in [1.29, 1.82) is 0 Å². The molecule has 0 radical (unpaired) electrons. The van der Waals surface area contributed by atoms with E-state index in [0.29, 0.717) is 31.7 Å². The van der Waals surface area contributed by atoms with Crippen molar-refractivity contribution < 1.29 is 9.59 Å². The predicted molar refractivity (Wildman–Crippen MR) is 118 cm³/mol. The second-order valence-corrected chi connectivity index (χ2v) is 8.82. The summed E-state index contributed by atoms with van der Waals surface area (Å²) >= 11 is 0. The molecule has 7 heteroatoms. The van der Waals surface area contributed by atoms with Crippen LogP contribution in [0, 0.1) is 5.92 Å². The molecule has 160 valence electrons. The van der Waals surface area contributed by atoms with Crippen molar-refractivity contribution >= 4 is 28.4 Å². The molecule has 0 bridgehead atoms. The maximum atomic E-state index is 13.2. The van der Waals surface area contributed by atoms with Crippen molar-refractivity contribution in [3.63, 3.8) is 0 Å². The Kier molecular flexibility index (Phi) is 5.90. The van der Waals surface area contributed by atoms with Gasteiger partial charge in [0, 0.05) is 50.4 Å². The lowest BCUT2D eigenvalue weighted by atomic mass is 9.91. The van der Waals surface area contributed by atoms with Gasteiger partial charge in [-0.2, -0.15) is 0 Å². The SMILES string of the molecule is CN(C)CCN1C[C@@H](C(=O)N2CCC[C@H](c3nc4ccccc4cc3N)C2)CC1=O. The lowest BCUT2D eigenvalue weighted by Crippen LogP contribution is -2.43. The van der Waals surface area contributed by atoms with Gasteiger partial charge in [-0.25, -0.2) is 0 Å². The van der Waals surface area contributed by atoms with Gasteiger partial charge in [-0.3, -0.25) is 14.6 Å². The largest absolute Gasteiger partial charge is 0.397 e. The molecule has 2 amide bonds. The van der Waals surface area contributed by atoms with E-state index in [0.717, 1.165) is 42.5 Å². The molecule has 2 aliphatic heterocycles. The first-order chi connectivity index (χ1) is 14.4. The summed E-state index contributed by atoms with van der Waals surface area (Å²) in [5.41, 5.74) is 8.85. The summed E-state index contributed by atoms with van der Waals surface area (Å²) in [5, 5.41) is 1.03. The van der Waals surface area contributed by atoms with Gasteiger partial charge in [0.05, 0.1) is 22.8 Å². The molecule has 2 N–H and O–H groups in total. The topological polar surface area (TPSA) is 82.8 Å². The fourth-order valence-corrected chi connectivity index (χ4v) is 4.61. The van der Waals surface area contributed by atoms with Crippen LogP contribution in [-0.2, 0) is 9.59 Å². The van der Waals surface area contributed by atoms with E-state index in [1.165, 1.54) is 0 Å². The van der Waals surface area contributed by atoms with Crippen LogP contribution in [0.5, 0.6) is 0 Å². The number of amides is 2. The number of anilines is 1. The predicted octanol–water partition coefficient (Wildman–Crippen LogP) is 1.93. The Morgan fingerprint density at radius 2 is 2.07 bits per heavy atom. The van der Waals surface area contributed by atoms with Gasteiger partial charge >= 0.3 is 0 Å². The first-order valence-electron chi connectivity index (χ1n) is 10.8. The first-order valence-corrected chi connectivity index (χ1v) is 10.8. The lowest BCUT2D eigenvalue weighted by Gasteiger charge is -2.34. The number of pyridine rings is 1. The van der Waals surface area contributed by atoms with Crippen molar-refractivity contribution in [1.82, 2.24) is 19.7 Å². The highest BCUT2D eigenvalue weighted by Gasteiger charge is 2.38. The van der Waals surface area contributed by atoms with Gasteiger partial charge in [0.25, 0.3) is 0 Å². The number of benzene rings is 1. The van der Waals surface area contributed by atoms with Gasteiger partial charge in [0.2, 0.25) is 11.8 Å². The summed E-state index contributed by atoms with van der Waals surface area (Å²) < 4.78 is 0. The molecular formula is C23H31N5O2. The van der Waals surface area contributed by atoms with Gasteiger partial charge in [0.1, 0.15) is 0 Å². The molecule has 2 atom stereocenters. The minimum atomic E-state index is -0.236. The van der Waals surface area contributed by atoms with Gasteiger partial charge in [-0.15, -0.1) is 0 Å². The molecule has 30 heavy (non-hydrogen) atoms. The summed E-state index contributed by atoms with van der Waals surface area (Å²) in [7, 11) is 3.98. The highest BCUT2D eigenvalue weighted by atomic mass is 16.2. The zero-order valence-corrected chi connectivity index (χ0v) is 17.9. The summed E-state index contributed by atoms with van der Waals surface area (Å²) in [4.78, 5) is 36.2. The Balaban J connectivity index is 1.45. The Morgan fingerprint density at radius 1 is 1.27 bits per heavy atom. The number of nitrogens with zero attached hydrogens (tertiary/aromatic N) is 4. The monoisotopic (exact) mass is 409 g/mol. The zero-order valence-electron chi connectivity index (χ0n) is 17.9. The number of likely N-dealkylation sites (tertiary alicyclic amines) is 2. The normalized spacial score (nSPS) is 22.3. The molecule has 0 spiro atoms. The fraction of sp³-hybridized carbons (Fsp3) is 0.522. The molecule has 0 aliphatic carbocycles. The van der Waals surface area contributed by atoms with Crippen LogP contribution in [0.15, 0.2) is 30.3 Å². The van der Waals surface area contributed by atoms with Crippen LogP contribution in [-0.4, -0.2) is 78.3 Å². The molecule has 2 aliphatic rings. The van der Waals surface area contributed by atoms with E-state index in [1.54, 1.807) is 0 Å². The van der Waals surface area contributed by atoms with E-state index < -0.39 is 0 Å². The van der Waals surface area contributed by atoms with Gasteiger partial charge in [-0.05, 0) is 39.1 Å². The van der Waals surface area contributed by atoms with Crippen molar-refractivity contribution in [3.05, 3.63) is 36.0 Å². The van der Waals surface area contributed by atoms with Gasteiger partial charge in [0.15, 0.2) is 0 Å². The number of hydrogen-bond donors (Lipinski definition) is 1. The van der Waals surface area contributed by atoms with E-state index >= 15 is 0 Å². The summed E-state index contributed by atoms with van der Waals surface area (Å²) in [6, 6.07) is 9.95. The second-order valence-electron chi connectivity index (χ2n) is 8.82. The number of rotatable bonds is 5. The maximum absolute atomic E-state index is 13.2. The van der Waals surface area contributed by atoms with Crippen LogP contribution in [0.4, 0.5) is 5.69 Å². The third kappa shape index (κ3) is 4.26. The number of nitrogen functional groups attached to an aromatic ring is 1. The van der Waals surface area contributed by atoms with Crippen LogP contribution in [0.1, 0.15) is 30.9 Å². The number of likely N-dealkylation sites (N-methyl/N-ethyl adjacent to an activating group) is 1. The molecule has 0 unspecified atom stereocenters. The average Bonchev–Trinajstić information content (AvgIpc) is 3.11. The summed E-state index contributed by atoms with van der Waals surface area (Å²) in [6.07, 6.45) is 2.22. The molecule has 2 aromatic rings. The molecule has 2 fully saturated rings. The van der Waals surface area contributed by atoms with Crippen molar-refractivity contribution in [2.24, 2.45) is 5.92 Å². The molecular weight excluding hydrogens is 378 g/mol. The quantitative estimate of drug-likeness (QED) is 0.816. The Labute approximate surface area is 177 Å². The third-order valence-electron chi connectivity index (χ3n) is 6.29. The van der Waals surface area contributed by atoms with Crippen LogP contribution in [0.3, 0.4) is 0 Å². The van der Waals surface area contributed by atoms with E-state index in [1.807, 2.05) is 54.2 Å². The third-order valence-corrected chi connectivity index (χ3v) is 6.29. The fourth-order valence-electron chi connectivity index (χ4n) is 4.61. The van der Waals surface area contributed by atoms with Crippen LogP contribution < -0.4 is 5.73 Å². The number of hydrogen-bond acceptors (Lipinski definition) is 5. The second kappa shape index (κ2) is 8.60. The Bertz CT molecular complexity index is 944. The molecule has 1 aromatic heterocycles. The summed E-state index contributed by atoms with van der Waals surface area (Å²) in [6.45, 7) is 3.38. The van der Waals surface area contributed by atoms with Gasteiger partial charge in [-0.1, -0.05) is 18.2 Å². The molecule has 0 saturated carbocycles. The first kappa shape index (κ1) is 20.6.